The first-order valence-corrected chi connectivity index (χ1v) is 5.51. The molecule has 0 spiro atoms. The number of hydrogen-bond acceptors (Lipinski definition) is 3. The number of amides is 1. The van der Waals surface area contributed by atoms with E-state index in [-0.39, 0.29) is 12.1 Å². The van der Waals surface area contributed by atoms with Gasteiger partial charge in [0.2, 0.25) is 0 Å². The molecule has 19 heavy (non-hydrogen) atoms. The molecule has 1 heterocycles. The van der Waals surface area contributed by atoms with E-state index in [1.54, 1.807) is 18.2 Å². The van der Waals surface area contributed by atoms with Gasteiger partial charge in [0.1, 0.15) is 11.6 Å². The van der Waals surface area contributed by atoms with Crippen molar-refractivity contribution in [2.75, 3.05) is 0 Å². The first-order valence-electron chi connectivity index (χ1n) is 5.51. The summed E-state index contributed by atoms with van der Waals surface area (Å²) in [7, 11) is 0. The molecule has 0 aliphatic rings. The Morgan fingerprint density at radius 2 is 2.11 bits per heavy atom. The molecule has 1 aromatic heterocycles. The fourth-order valence-electron chi connectivity index (χ4n) is 1.56. The van der Waals surface area contributed by atoms with E-state index in [0.29, 0.717) is 5.56 Å². The summed E-state index contributed by atoms with van der Waals surface area (Å²) < 4.78 is 13.3. The Hall–Kier alpha value is -2.63. The van der Waals surface area contributed by atoms with Crippen molar-refractivity contribution in [3.8, 4) is 5.75 Å². The number of benzene rings is 1. The molecule has 0 aliphatic heterocycles. The van der Waals surface area contributed by atoms with Gasteiger partial charge in [-0.1, -0.05) is 18.2 Å². The quantitative estimate of drug-likeness (QED) is 0.776. The smallest absolute Gasteiger partial charge is 0.256 e. The number of nitrogens with one attached hydrogen (secondary N) is 2. The van der Waals surface area contributed by atoms with Crippen LogP contribution in [0.1, 0.15) is 15.9 Å². The zero-order chi connectivity index (χ0) is 13.8. The van der Waals surface area contributed by atoms with Gasteiger partial charge in [-0.25, -0.2) is 4.39 Å². The van der Waals surface area contributed by atoms with Gasteiger partial charge in [-0.15, -0.1) is 0 Å². The molecule has 2 aromatic rings. The molecule has 3 N–H and O–H groups in total. The zero-order valence-electron chi connectivity index (χ0n) is 9.81. The summed E-state index contributed by atoms with van der Waals surface area (Å²) in [4.78, 5) is 24.9. The van der Waals surface area contributed by atoms with E-state index < -0.39 is 23.0 Å². The highest BCUT2D eigenvalue weighted by Gasteiger charge is 2.12. The van der Waals surface area contributed by atoms with Gasteiger partial charge in [0.25, 0.3) is 11.5 Å². The molecule has 0 saturated carbocycles. The molecule has 0 aliphatic carbocycles. The number of halogens is 1. The number of pyridine rings is 1. The van der Waals surface area contributed by atoms with Gasteiger partial charge in [0, 0.05) is 24.4 Å². The fraction of sp³-hybridized carbons (Fsp3) is 0.0769. The number of carbonyl (C=O) groups excluding carboxylic acids is 1. The van der Waals surface area contributed by atoms with Crippen molar-refractivity contribution < 1.29 is 14.3 Å². The second-order valence-corrected chi connectivity index (χ2v) is 3.87. The van der Waals surface area contributed by atoms with Gasteiger partial charge in [-0.05, 0) is 6.07 Å². The molecule has 0 radical (unpaired) electrons. The Morgan fingerprint density at radius 1 is 1.37 bits per heavy atom. The molecular weight excluding hydrogens is 251 g/mol. The number of carbonyl (C=O) groups is 1. The van der Waals surface area contributed by atoms with Crippen LogP contribution in [-0.4, -0.2) is 16.0 Å². The minimum atomic E-state index is -0.600. The van der Waals surface area contributed by atoms with Crippen molar-refractivity contribution in [3.63, 3.8) is 0 Å². The van der Waals surface area contributed by atoms with E-state index in [2.05, 4.69) is 10.3 Å². The lowest BCUT2D eigenvalue weighted by Crippen LogP contribution is -2.24. The maximum absolute atomic E-state index is 13.3. The lowest BCUT2D eigenvalue weighted by atomic mass is 10.2. The molecule has 0 unspecified atom stereocenters. The molecule has 0 bridgehead atoms. The molecule has 98 valence electrons. The van der Waals surface area contributed by atoms with Crippen LogP contribution in [0.5, 0.6) is 5.75 Å². The van der Waals surface area contributed by atoms with Gasteiger partial charge in [-0.3, -0.25) is 9.59 Å². The van der Waals surface area contributed by atoms with Crippen LogP contribution in [0.15, 0.2) is 41.3 Å². The third kappa shape index (κ3) is 2.98. The van der Waals surface area contributed by atoms with Crippen LogP contribution in [0.3, 0.4) is 0 Å². The summed E-state index contributed by atoms with van der Waals surface area (Å²) >= 11 is 0. The Labute approximate surface area is 107 Å². The summed E-state index contributed by atoms with van der Waals surface area (Å²) in [5.41, 5.74) is -0.251. The van der Waals surface area contributed by atoms with Crippen LogP contribution in [0.25, 0.3) is 0 Å². The summed E-state index contributed by atoms with van der Waals surface area (Å²) in [6.45, 7) is -0.00985. The van der Waals surface area contributed by atoms with E-state index >= 15 is 0 Å². The minimum absolute atomic E-state index is 0.00985. The van der Waals surface area contributed by atoms with Crippen LogP contribution in [0, 0.1) is 5.82 Å². The molecule has 0 fully saturated rings. The zero-order valence-corrected chi connectivity index (χ0v) is 9.81. The summed E-state index contributed by atoms with van der Waals surface area (Å²) in [6.07, 6.45) is 1.11. The number of aromatic amines is 1. The van der Waals surface area contributed by atoms with Crippen molar-refractivity contribution >= 4 is 5.91 Å². The molecule has 0 saturated heterocycles. The summed E-state index contributed by atoms with van der Waals surface area (Å²) in [6, 6.07) is 6.94. The Bertz CT molecular complexity index is 667. The molecule has 5 nitrogen and oxygen atoms in total. The molecule has 1 aromatic carbocycles. The second kappa shape index (κ2) is 5.34. The van der Waals surface area contributed by atoms with Gasteiger partial charge < -0.3 is 15.4 Å². The van der Waals surface area contributed by atoms with Crippen molar-refractivity contribution in [2.24, 2.45) is 0 Å². The standard InChI is InChI=1S/C13H11FN2O3/c14-10-4-2-1-3-8(10)6-16-13(19)9-7-15-12(18)5-11(9)17/h1-5,7H,6H2,(H,16,19)(H2,15,17,18). The Kier molecular flexibility index (Phi) is 3.61. The molecule has 6 heteroatoms. The van der Waals surface area contributed by atoms with Crippen LogP contribution in [0.2, 0.25) is 0 Å². The van der Waals surface area contributed by atoms with Crippen molar-refractivity contribution in [1.29, 1.82) is 0 Å². The van der Waals surface area contributed by atoms with Crippen molar-refractivity contribution in [2.45, 2.75) is 6.54 Å². The van der Waals surface area contributed by atoms with Crippen LogP contribution in [-0.2, 0) is 6.54 Å². The lowest BCUT2D eigenvalue weighted by molar-refractivity contribution is 0.0947. The lowest BCUT2D eigenvalue weighted by Gasteiger charge is -2.07. The van der Waals surface area contributed by atoms with Gasteiger partial charge >= 0.3 is 0 Å². The maximum atomic E-state index is 13.3. The highest BCUT2D eigenvalue weighted by Crippen LogP contribution is 2.12. The SMILES string of the molecule is O=C(NCc1ccccc1F)c1c[nH]c(=O)cc1O. The Morgan fingerprint density at radius 3 is 2.79 bits per heavy atom. The number of aromatic hydroxyl groups is 1. The number of rotatable bonds is 3. The summed E-state index contributed by atoms with van der Waals surface area (Å²) in [5.74, 6) is -1.44. The normalized spacial score (nSPS) is 10.2. The fourth-order valence-corrected chi connectivity index (χ4v) is 1.56. The van der Waals surface area contributed by atoms with E-state index in [1.807, 2.05) is 0 Å². The van der Waals surface area contributed by atoms with Crippen LogP contribution >= 0.6 is 0 Å². The maximum Gasteiger partial charge on any atom is 0.256 e. The highest BCUT2D eigenvalue weighted by molar-refractivity contribution is 5.96. The number of H-pyrrole nitrogens is 1. The second-order valence-electron chi connectivity index (χ2n) is 3.87. The first-order chi connectivity index (χ1) is 9.08. The number of aromatic nitrogens is 1. The average Bonchev–Trinajstić information content (AvgIpc) is 2.37. The van der Waals surface area contributed by atoms with Gasteiger partial charge in [0.15, 0.2) is 0 Å². The molecule has 2 rings (SSSR count). The summed E-state index contributed by atoms with van der Waals surface area (Å²) in [5, 5.41) is 11.9. The topological polar surface area (TPSA) is 82.2 Å². The van der Waals surface area contributed by atoms with E-state index in [4.69, 9.17) is 0 Å². The molecule has 1 amide bonds. The minimum Gasteiger partial charge on any atom is -0.507 e. The Balaban J connectivity index is 2.10. The van der Waals surface area contributed by atoms with E-state index in [9.17, 15) is 19.1 Å². The van der Waals surface area contributed by atoms with Crippen molar-refractivity contribution in [3.05, 3.63) is 63.8 Å². The average molecular weight is 262 g/mol. The van der Waals surface area contributed by atoms with E-state index in [0.717, 1.165) is 12.3 Å². The largest absolute Gasteiger partial charge is 0.507 e. The molecule has 0 atom stereocenters. The van der Waals surface area contributed by atoms with Crippen LogP contribution < -0.4 is 10.9 Å². The predicted octanol–water partition coefficient (Wildman–Crippen LogP) is 1.15. The van der Waals surface area contributed by atoms with Gasteiger partial charge in [-0.2, -0.15) is 0 Å². The van der Waals surface area contributed by atoms with Crippen LogP contribution in [0.4, 0.5) is 4.39 Å². The molecular formula is C13H11FN2O3. The predicted molar refractivity (Wildman–Crippen MR) is 66.3 cm³/mol. The highest BCUT2D eigenvalue weighted by atomic mass is 19.1. The van der Waals surface area contributed by atoms with Crippen molar-refractivity contribution in [1.82, 2.24) is 10.3 Å². The van der Waals surface area contributed by atoms with E-state index in [1.165, 1.54) is 6.07 Å². The third-order valence-corrected chi connectivity index (χ3v) is 2.54. The number of hydrogen-bond donors (Lipinski definition) is 3. The monoisotopic (exact) mass is 262 g/mol. The third-order valence-electron chi connectivity index (χ3n) is 2.54. The van der Waals surface area contributed by atoms with Gasteiger partial charge in [0.05, 0.1) is 5.56 Å². The first kappa shape index (κ1) is 12.8.